The Bertz CT molecular complexity index is 373. The Morgan fingerprint density at radius 1 is 1.28 bits per heavy atom. The normalized spacial score (nSPS) is 11.3. The summed E-state index contributed by atoms with van der Waals surface area (Å²) in [4.78, 5) is 14.4. The van der Waals surface area contributed by atoms with E-state index in [0.29, 0.717) is 0 Å². The van der Waals surface area contributed by atoms with Crippen molar-refractivity contribution in [1.82, 2.24) is 5.32 Å². The van der Waals surface area contributed by atoms with Crippen molar-refractivity contribution >= 4 is 11.6 Å². The van der Waals surface area contributed by atoms with Gasteiger partial charge in [-0.3, -0.25) is 4.79 Å². The number of para-hydroxylation sites is 1. The maximum Gasteiger partial charge on any atom is 0.246 e. The van der Waals surface area contributed by atoms with Gasteiger partial charge in [-0.15, -0.1) is 0 Å². The lowest BCUT2D eigenvalue weighted by molar-refractivity contribution is -0.123. The molecule has 1 aromatic carbocycles. The van der Waals surface area contributed by atoms with Crippen LogP contribution in [-0.2, 0) is 4.79 Å². The standard InChI is InChI=1S/C15H24N2O/c1-5-6-12-17(13-10-8-7-9-11-13)14(18)15(2,3)16-4/h7-11,16H,5-6,12H2,1-4H3. The van der Waals surface area contributed by atoms with Crippen molar-refractivity contribution in [2.24, 2.45) is 0 Å². The molecule has 0 fully saturated rings. The van der Waals surface area contributed by atoms with E-state index in [4.69, 9.17) is 0 Å². The fraction of sp³-hybridized carbons (Fsp3) is 0.533. The number of rotatable bonds is 6. The molecule has 100 valence electrons. The van der Waals surface area contributed by atoms with Gasteiger partial charge in [0.05, 0.1) is 5.54 Å². The molecule has 0 saturated carbocycles. The highest BCUT2D eigenvalue weighted by molar-refractivity contribution is 5.99. The topological polar surface area (TPSA) is 32.3 Å². The summed E-state index contributed by atoms with van der Waals surface area (Å²) in [5.74, 6) is 0.115. The molecule has 0 saturated heterocycles. The average Bonchev–Trinajstić information content (AvgIpc) is 2.40. The van der Waals surface area contributed by atoms with Crippen molar-refractivity contribution in [3.05, 3.63) is 30.3 Å². The number of anilines is 1. The Morgan fingerprint density at radius 2 is 1.89 bits per heavy atom. The molecule has 18 heavy (non-hydrogen) atoms. The smallest absolute Gasteiger partial charge is 0.246 e. The molecule has 0 unspecified atom stereocenters. The summed E-state index contributed by atoms with van der Waals surface area (Å²) in [5.41, 5.74) is 0.433. The minimum atomic E-state index is -0.538. The van der Waals surface area contributed by atoms with Gasteiger partial charge in [-0.1, -0.05) is 31.5 Å². The first-order valence-corrected chi connectivity index (χ1v) is 6.59. The molecule has 3 nitrogen and oxygen atoms in total. The van der Waals surface area contributed by atoms with Crippen LogP contribution in [0.5, 0.6) is 0 Å². The van der Waals surface area contributed by atoms with Crippen molar-refractivity contribution in [1.29, 1.82) is 0 Å². The lowest BCUT2D eigenvalue weighted by Crippen LogP contribution is -2.53. The molecule has 1 amide bonds. The molecule has 0 atom stereocenters. The zero-order valence-electron chi connectivity index (χ0n) is 11.9. The maximum absolute atomic E-state index is 12.6. The second-order valence-corrected chi connectivity index (χ2v) is 5.02. The van der Waals surface area contributed by atoms with Crippen LogP contribution in [-0.4, -0.2) is 25.0 Å². The van der Waals surface area contributed by atoms with E-state index in [1.165, 1.54) is 0 Å². The van der Waals surface area contributed by atoms with E-state index in [1.807, 2.05) is 56.1 Å². The predicted molar refractivity (Wildman–Crippen MR) is 76.8 cm³/mol. The van der Waals surface area contributed by atoms with Gasteiger partial charge in [0.1, 0.15) is 0 Å². The number of benzene rings is 1. The van der Waals surface area contributed by atoms with Gasteiger partial charge in [-0.05, 0) is 39.4 Å². The van der Waals surface area contributed by atoms with Crippen molar-refractivity contribution in [2.45, 2.75) is 39.2 Å². The molecule has 0 aliphatic carbocycles. The number of nitrogens with one attached hydrogen (secondary N) is 1. The Morgan fingerprint density at radius 3 is 2.39 bits per heavy atom. The van der Waals surface area contributed by atoms with Crippen molar-refractivity contribution in [2.75, 3.05) is 18.5 Å². The zero-order valence-corrected chi connectivity index (χ0v) is 11.9. The van der Waals surface area contributed by atoms with E-state index in [2.05, 4.69) is 12.2 Å². The van der Waals surface area contributed by atoms with Crippen LogP contribution in [0.1, 0.15) is 33.6 Å². The van der Waals surface area contributed by atoms with Crippen LogP contribution in [0.25, 0.3) is 0 Å². The summed E-state index contributed by atoms with van der Waals surface area (Å²) in [7, 11) is 1.82. The van der Waals surface area contributed by atoms with Crippen molar-refractivity contribution in [3.8, 4) is 0 Å². The number of unbranched alkanes of at least 4 members (excludes halogenated alkanes) is 1. The molecule has 0 bridgehead atoms. The lowest BCUT2D eigenvalue weighted by Gasteiger charge is -2.31. The predicted octanol–water partition coefficient (Wildman–Crippen LogP) is 2.82. The number of amides is 1. The Hall–Kier alpha value is -1.35. The van der Waals surface area contributed by atoms with Crippen LogP contribution in [0.3, 0.4) is 0 Å². The van der Waals surface area contributed by atoms with E-state index in [0.717, 1.165) is 25.1 Å². The van der Waals surface area contributed by atoms with Gasteiger partial charge in [0.25, 0.3) is 0 Å². The Labute approximate surface area is 110 Å². The van der Waals surface area contributed by atoms with Crippen LogP contribution in [0.4, 0.5) is 5.69 Å². The molecule has 1 rings (SSSR count). The fourth-order valence-corrected chi connectivity index (χ4v) is 1.72. The van der Waals surface area contributed by atoms with E-state index < -0.39 is 5.54 Å². The van der Waals surface area contributed by atoms with Gasteiger partial charge < -0.3 is 10.2 Å². The highest BCUT2D eigenvalue weighted by Gasteiger charge is 2.30. The summed E-state index contributed by atoms with van der Waals surface area (Å²) in [5, 5.41) is 3.08. The van der Waals surface area contributed by atoms with Crippen LogP contribution >= 0.6 is 0 Å². The lowest BCUT2D eigenvalue weighted by atomic mass is 10.0. The molecule has 3 heteroatoms. The molecule has 0 aliphatic rings. The second kappa shape index (κ2) is 6.55. The molecular formula is C15H24N2O. The van der Waals surface area contributed by atoms with Crippen molar-refractivity contribution < 1.29 is 4.79 Å². The highest BCUT2D eigenvalue weighted by atomic mass is 16.2. The summed E-state index contributed by atoms with van der Waals surface area (Å²) in [6, 6.07) is 9.87. The minimum absolute atomic E-state index is 0.115. The third-order valence-electron chi connectivity index (χ3n) is 3.21. The second-order valence-electron chi connectivity index (χ2n) is 5.02. The van der Waals surface area contributed by atoms with E-state index in [9.17, 15) is 4.79 Å². The van der Waals surface area contributed by atoms with Gasteiger partial charge in [0, 0.05) is 12.2 Å². The Balaban J connectivity index is 2.95. The molecular weight excluding hydrogens is 224 g/mol. The summed E-state index contributed by atoms with van der Waals surface area (Å²) < 4.78 is 0. The molecule has 0 radical (unpaired) electrons. The van der Waals surface area contributed by atoms with Crippen LogP contribution in [0.2, 0.25) is 0 Å². The largest absolute Gasteiger partial charge is 0.311 e. The van der Waals surface area contributed by atoms with Gasteiger partial charge >= 0.3 is 0 Å². The summed E-state index contributed by atoms with van der Waals surface area (Å²) in [6.07, 6.45) is 2.09. The van der Waals surface area contributed by atoms with Gasteiger partial charge in [-0.25, -0.2) is 0 Å². The van der Waals surface area contributed by atoms with E-state index >= 15 is 0 Å². The highest BCUT2D eigenvalue weighted by Crippen LogP contribution is 2.18. The van der Waals surface area contributed by atoms with Gasteiger partial charge in [0.2, 0.25) is 5.91 Å². The SMILES string of the molecule is CCCCN(C(=O)C(C)(C)NC)c1ccccc1. The van der Waals surface area contributed by atoms with E-state index in [1.54, 1.807) is 0 Å². The first-order valence-electron chi connectivity index (χ1n) is 6.59. The van der Waals surface area contributed by atoms with Crippen molar-refractivity contribution in [3.63, 3.8) is 0 Å². The molecule has 0 spiro atoms. The molecule has 1 N–H and O–H groups in total. The minimum Gasteiger partial charge on any atom is -0.311 e. The number of nitrogens with zero attached hydrogens (tertiary/aromatic N) is 1. The average molecular weight is 248 g/mol. The number of carbonyl (C=O) groups excluding carboxylic acids is 1. The first kappa shape index (κ1) is 14.7. The summed E-state index contributed by atoms with van der Waals surface area (Å²) in [6.45, 7) is 6.73. The maximum atomic E-state index is 12.6. The molecule has 1 aromatic rings. The monoisotopic (exact) mass is 248 g/mol. The number of hydrogen-bond acceptors (Lipinski definition) is 2. The third-order valence-corrected chi connectivity index (χ3v) is 3.21. The fourth-order valence-electron chi connectivity index (χ4n) is 1.72. The number of likely N-dealkylation sites (N-methyl/N-ethyl adjacent to an activating group) is 1. The molecule has 0 heterocycles. The van der Waals surface area contributed by atoms with E-state index in [-0.39, 0.29) is 5.91 Å². The zero-order chi connectivity index (χ0) is 13.6. The first-order chi connectivity index (χ1) is 8.53. The molecule has 0 aromatic heterocycles. The number of carbonyl (C=O) groups is 1. The Kier molecular flexibility index (Phi) is 5.35. The summed E-state index contributed by atoms with van der Waals surface area (Å²) >= 11 is 0. The van der Waals surface area contributed by atoms with Crippen LogP contribution < -0.4 is 10.2 Å². The quantitative estimate of drug-likeness (QED) is 0.839. The number of hydrogen-bond donors (Lipinski definition) is 1. The molecule has 0 aliphatic heterocycles. The van der Waals surface area contributed by atoms with Crippen LogP contribution in [0, 0.1) is 0 Å². The van der Waals surface area contributed by atoms with Gasteiger partial charge in [0.15, 0.2) is 0 Å². The van der Waals surface area contributed by atoms with Gasteiger partial charge in [-0.2, -0.15) is 0 Å². The van der Waals surface area contributed by atoms with Crippen LogP contribution in [0.15, 0.2) is 30.3 Å². The third kappa shape index (κ3) is 3.57.